The average molecular weight is 424 g/mol. The molecule has 156 valence electrons. The molecule has 3 heterocycles. The Morgan fingerprint density at radius 1 is 1.00 bits per heavy atom. The zero-order valence-corrected chi connectivity index (χ0v) is 17.9. The summed E-state index contributed by atoms with van der Waals surface area (Å²) >= 11 is 1.68. The van der Waals surface area contributed by atoms with Gasteiger partial charge in [0.25, 0.3) is 0 Å². The average Bonchev–Trinajstić information content (AvgIpc) is 3.41. The van der Waals surface area contributed by atoms with Gasteiger partial charge in [0, 0.05) is 37.1 Å². The molecule has 3 aromatic rings. The molecule has 0 bridgehead atoms. The Balaban J connectivity index is 1.53. The zero-order chi connectivity index (χ0) is 20.3. The maximum Gasteiger partial charge on any atom is 0.231 e. The van der Waals surface area contributed by atoms with Gasteiger partial charge in [-0.2, -0.15) is 0 Å². The third kappa shape index (κ3) is 4.01. The number of hydrogen-bond donors (Lipinski definition) is 0. The van der Waals surface area contributed by atoms with E-state index in [1.807, 2.05) is 18.2 Å². The van der Waals surface area contributed by atoms with Crippen molar-refractivity contribution >= 4 is 17.0 Å². The van der Waals surface area contributed by atoms with Crippen molar-refractivity contribution in [3.8, 4) is 22.8 Å². The Hall–Kier alpha value is -2.61. The molecule has 0 amide bonds. The topological polar surface area (TPSA) is 48.2 Å². The van der Waals surface area contributed by atoms with Crippen molar-refractivity contribution in [2.24, 2.45) is 4.99 Å². The van der Waals surface area contributed by atoms with Crippen molar-refractivity contribution in [1.82, 2.24) is 9.47 Å². The highest BCUT2D eigenvalue weighted by atomic mass is 32.1. The number of nitrogens with zero attached hydrogens (tertiary/aromatic N) is 3. The SMILES string of the molecule is Cc1ccccc1N=c1scc(-c2ccc3c(c2)OCO3)n1CCN1CCOCC1. The van der Waals surface area contributed by atoms with Crippen molar-refractivity contribution in [2.45, 2.75) is 13.5 Å². The van der Waals surface area contributed by atoms with Gasteiger partial charge in [-0.25, -0.2) is 4.99 Å². The lowest BCUT2D eigenvalue weighted by Crippen LogP contribution is -2.39. The predicted octanol–water partition coefficient (Wildman–Crippen LogP) is 3.82. The van der Waals surface area contributed by atoms with Crippen LogP contribution in [-0.4, -0.2) is 49.1 Å². The van der Waals surface area contributed by atoms with Crippen LogP contribution in [0, 0.1) is 6.92 Å². The summed E-state index contributed by atoms with van der Waals surface area (Å²) in [6, 6.07) is 14.4. The number of hydrogen-bond acceptors (Lipinski definition) is 6. The minimum atomic E-state index is 0.285. The molecule has 30 heavy (non-hydrogen) atoms. The minimum Gasteiger partial charge on any atom is -0.454 e. The molecule has 0 atom stereocenters. The standard InChI is InChI=1S/C23H25N3O3S/c1-17-4-2-3-5-19(17)24-23-26(9-8-25-10-12-27-13-11-25)20(15-30-23)18-6-7-21-22(14-18)29-16-28-21/h2-7,14-15H,8-13,16H2,1H3. The third-order valence-corrected chi connectivity index (χ3v) is 6.40. The second-order valence-electron chi connectivity index (χ2n) is 7.48. The largest absolute Gasteiger partial charge is 0.454 e. The van der Waals surface area contributed by atoms with Gasteiger partial charge in [-0.15, -0.1) is 11.3 Å². The molecule has 0 spiro atoms. The Morgan fingerprint density at radius 2 is 1.83 bits per heavy atom. The van der Waals surface area contributed by atoms with Crippen molar-refractivity contribution < 1.29 is 14.2 Å². The number of rotatable bonds is 5. The number of ether oxygens (including phenoxy) is 3. The van der Waals surface area contributed by atoms with E-state index in [4.69, 9.17) is 19.2 Å². The van der Waals surface area contributed by atoms with Gasteiger partial charge < -0.3 is 18.8 Å². The van der Waals surface area contributed by atoms with Crippen LogP contribution in [0.1, 0.15) is 5.56 Å². The van der Waals surface area contributed by atoms with E-state index in [1.165, 1.54) is 5.56 Å². The summed E-state index contributed by atoms with van der Waals surface area (Å²) in [5, 5.41) is 2.19. The summed E-state index contributed by atoms with van der Waals surface area (Å²) in [7, 11) is 0. The Labute approximate surface area is 180 Å². The highest BCUT2D eigenvalue weighted by Crippen LogP contribution is 2.36. The number of aryl methyl sites for hydroxylation is 1. The van der Waals surface area contributed by atoms with Gasteiger partial charge in [0.15, 0.2) is 16.3 Å². The number of thiazole rings is 1. The van der Waals surface area contributed by atoms with Gasteiger partial charge in [-0.3, -0.25) is 4.90 Å². The first-order valence-electron chi connectivity index (χ1n) is 10.3. The second kappa shape index (κ2) is 8.63. The molecule has 5 rings (SSSR count). The van der Waals surface area contributed by atoms with Crippen molar-refractivity contribution in [3.05, 3.63) is 58.2 Å². The lowest BCUT2D eigenvalue weighted by atomic mass is 10.1. The number of morpholine rings is 1. The van der Waals surface area contributed by atoms with E-state index in [2.05, 4.69) is 46.0 Å². The number of fused-ring (bicyclic) bond motifs is 1. The van der Waals surface area contributed by atoms with E-state index < -0.39 is 0 Å². The van der Waals surface area contributed by atoms with Gasteiger partial charge in [0.2, 0.25) is 6.79 Å². The fourth-order valence-corrected chi connectivity index (χ4v) is 4.73. The normalized spacial score (nSPS) is 16.9. The second-order valence-corrected chi connectivity index (χ2v) is 8.31. The molecule has 6 nitrogen and oxygen atoms in total. The summed E-state index contributed by atoms with van der Waals surface area (Å²) in [5.74, 6) is 1.61. The van der Waals surface area contributed by atoms with Crippen LogP contribution < -0.4 is 14.3 Å². The van der Waals surface area contributed by atoms with Gasteiger partial charge in [-0.05, 0) is 36.8 Å². The molecule has 1 fully saturated rings. The lowest BCUT2D eigenvalue weighted by Gasteiger charge is -2.26. The molecule has 0 aliphatic carbocycles. The number of para-hydroxylation sites is 1. The Morgan fingerprint density at radius 3 is 2.70 bits per heavy atom. The van der Waals surface area contributed by atoms with Gasteiger partial charge in [-0.1, -0.05) is 18.2 Å². The molecule has 2 aliphatic heterocycles. The molecule has 2 aromatic carbocycles. The molecule has 0 unspecified atom stereocenters. The van der Waals surface area contributed by atoms with Crippen LogP contribution in [0.15, 0.2) is 52.8 Å². The monoisotopic (exact) mass is 423 g/mol. The molecular formula is C23H25N3O3S. The summed E-state index contributed by atoms with van der Waals surface area (Å²) in [6.45, 7) is 7.81. The highest BCUT2D eigenvalue weighted by molar-refractivity contribution is 7.07. The predicted molar refractivity (Wildman–Crippen MR) is 118 cm³/mol. The van der Waals surface area contributed by atoms with E-state index in [1.54, 1.807) is 11.3 Å². The molecule has 1 saturated heterocycles. The quantitative estimate of drug-likeness (QED) is 0.626. The maximum absolute atomic E-state index is 5.60. The van der Waals surface area contributed by atoms with E-state index in [0.29, 0.717) is 0 Å². The van der Waals surface area contributed by atoms with Crippen LogP contribution >= 0.6 is 11.3 Å². The highest BCUT2D eigenvalue weighted by Gasteiger charge is 2.17. The molecular weight excluding hydrogens is 398 g/mol. The minimum absolute atomic E-state index is 0.285. The molecule has 0 radical (unpaired) electrons. The molecule has 1 aromatic heterocycles. The van der Waals surface area contributed by atoms with Crippen LogP contribution in [0.2, 0.25) is 0 Å². The Bertz CT molecular complexity index is 1100. The fourth-order valence-electron chi connectivity index (χ4n) is 3.78. The first-order chi connectivity index (χ1) is 14.8. The van der Waals surface area contributed by atoms with Crippen LogP contribution in [-0.2, 0) is 11.3 Å². The van der Waals surface area contributed by atoms with E-state index in [9.17, 15) is 0 Å². The van der Waals surface area contributed by atoms with Gasteiger partial charge >= 0.3 is 0 Å². The van der Waals surface area contributed by atoms with Crippen LogP contribution in [0.25, 0.3) is 11.3 Å². The fraction of sp³-hybridized carbons (Fsp3) is 0.348. The van der Waals surface area contributed by atoms with Crippen LogP contribution in [0.5, 0.6) is 11.5 Å². The summed E-state index contributed by atoms with van der Waals surface area (Å²) < 4.78 is 18.9. The molecule has 0 saturated carbocycles. The molecule has 0 N–H and O–H groups in total. The zero-order valence-electron chi connectivity index (χ0n) is 17.0. The first kappa shape index (κ1) is 19.4. The Kier molecular flexibility index (Phi) is 5.57. The summed E-state index contributed by atoms with van der Waals surface area (Å²) in [6.07, 6.45) is 0. The van der Waals surface area contributed by atoms with Crippen LogP contribution in [0.3, 0.4) is 0 Å². The van der Waals surface area contributed by atoms with Crippen LogP contribution in [0.4, 0.5) is 5.69 Å². The maximum atomic E-state index is 5.60. The van der Waals surface area contributed by atoms with Crippen molar-refractivity contribution in [2.75, 3.05) is 39.6 Å². The summed E-state index contributed by atoms with van der Waals surface area (Å²) in [4.78, 5) is 8.46. The molecule has 2 aliphatic rings. The smallest absolute Gasteiger partial charge is 0.231 e. The summed E-state index contributed by atoms with van der Waals surface area (Å²) in [5.41, 5.74) is 4.45. The van der Waals surface area contributed by atoms with Gasteiger partial charge in [0.1, 0.15) is 0 Å². The van der Waals surface area contributed by atoms with E-state index in [-0.39, 0.29) is 6.79 Å². The van der Waals surface area contributed by atoms with E-state index in [0.717, 1.165) is 72.6 Å². The third-order valence-electron chi connectivity index (χ3n) is 5.54. The first-order valence-corrected chi connectivity index (χ1v) is 11.1. The van der Waals surface area contributed by atoms with E-state index >= 15 is 0 Å². The van der Waals surface area contributed by atoms with Crippen molar-refractivity contribution in [1.29, 1.82) is 0 Å². The number of benzene rings is 2. The van der Waals surface area contributed by atoms with Crippen molar-refractivity contribution in [3.63, 3.8) is 0 Å². The van der Waals surface area contributed by atoms with Gasteiger partial charge in [0.05, 0.1) is 24.6 Å². The molecule has 7 heteroatoms. The lowest BCUT2D eigenvalue weighted by molar-refractivity contribution is 0.0363. The number of aromatic nitrogens is 1.